The van der Waals surface area contributed by atoms with E-state index in [1.165, 1.54) is 11.3 Å². The number of fused-ring (bicyclic) bond motifs is 1. The molecule has 0 saturated heterocycles. The molecule has 0 spiro atoms. The van der Waals surface area contributed by atoms with Gasteiger partial charge < -0.3 is 13.9 Å². The summed E-state index contributed by atoms with van der Waals surface area (Å²) in [6, 6.07) is 18.1. The molecule has 2 aromatic carbocycles. The molecule has 0 unspecified atom stereocenters. The smallest absolute Gasteiger partial charge is 0.338 e. The second kappa shape index (κ2) is 11.4. The number of rotatable bonds is 8. The summed E-state index contributed by atoms with van der Waals surface area (Å²) in [6.07, 6.45) is 3.37. The average Bonchev–Trinajstić information content (AvgIpc) is 3.52. The van der Waals surface area contributed by atoms with Crippen LogP contribution in [0, 0.1) is 0 Å². The molecule has 0 saturated carbocycles. The molecule has 3 heterocycles. The zero-order valence-corrected chi connectivity index (χ0v) is 23.8. The first-order valence-corrected chi connectivity index (χ1v) is 13.9. The quantitative estimate of drug-likeness (QED) is 0.199. The number of hydrogen-bond acceptors (Lipinski definition) is 7. The summed E-state index contributed by atoms with van der Waals surface area (Å²) in [6.45, 7) is 7.75. The fraction of sp³-hybridized carbons (Fsp3) is 0.167. The van der Waals surface area contributed by atoms with Crippen molar-refractivity contribution in [3.05, 3.63) is 120 Å². The van der Waals surface area contributed by atoms with E-state index in [2.05, 4.69) is 27.5 Å². The van der Waals surface area contributed by atoms with Crippen LogP contribution in [0.3, 0.4) is 0 Å². The fourth-order valence-electron chi connectivity index (χ4n) is 4.34. The third kappa shape index (κ3) is 5.46. The Bertz CT molecular complexity index is 1740. The van der Waals surface area contributed by atoms with Crippen molar-refractivity contribution >= 4 is 39.3 Å². The molecule has 0 radical (unpaired) electrons. The molecular formula is C30H25BrN2O5S. The van der Waals surface area contributed by atoms with Crippen LogP contribution in [0.2, 0.25) is 0 Å². The Labute approximate surface area is 237 Å². The van der Waals surface area contributed by atoms with Crippen LogP contribution in [-0.4, -0.2) is 23.8 Å². The van der Waals surface area contributed by atoms with Gasteiger partial charge in [-0.3, -0.25) is 9.36 Å². The molecule has 2 aromatic heterocycles. The van der Waals surface area contributed by atoms with Gasteiger partial charge in [0.15, 0.2) is 4.80 Å². The summed E-state index contributed by atoms with van der Waals surface area (Å²) in [5, 5.41) is 0. The van der Waals surface area contributed by atoms with Gasteiger partial charge in [0, 0.05) is 16.1 Å². The largest absolute Gasteiger partial charge is 0.490 e. The van der Waals surface area contributed by atoms with Crippen LogP contribution in [0.4, 0.5) is 0 Å². The lowest BCUT2D eigenvalue weighted by Gasteiger charge is -2.24. The van der Waals surface area contributed by atoms with Crippen LogP contribution in [0.15, 0.2) is 103 Å². The molecule has 1 aliphatic rings. The minimum Gasteiger partial charge on any atom is -0.490 e. The SMILES string of the molecule is C=CCOc1ccc([C@@H]2C(C(=O)OCC)=C(C)N=c3s/c(=C\c4ccc(-c5ccc(Br)cc5)o4)c(=O)n32)cc1. The predicted octanol–water partition coefficient (Wildman–Crippen LogP) is 5.39. The second-order valence-electron chi connectivity index (χ2n) is 8.68. The number of allylic oxidation sites excluding steroid dienone is 1. The standard InChI is InChI=1S/C30H25BrN2O5S/c1-4-16-37-22-12-8-20(9-13-22)27-26(29(35)36-5-2)18(3)32-30-33(27)28(34)25(39-30)17-23-14-15-24(38-23)19-6-10-21(31)11-7-19/h4,6-15,17,27H,1,5,16H2,2-3H3/b25-17-/t27-/m1/s1. The van der Waals surface area contributed by atoms with Crippen LogP contribution in [-0.2, 0) is 9.53 Å². The minimum atomic E-state index is -0.703. The van der Waals surface area contributed by atoms with Crippen molar-refractivity contribution in [2.24, 2.45) is 4.99 Å². The van der Waals surface area contributed by atoms with Crippen molar-refractivity contribution in [2.45, 2.75) is 19.9 Å². The predicted molar refractivity (Wildman–Crippen MR) is 154 cm³/mol. The summed E-state index contributed by atoms with van der Waals surface area (Å²) in [7, 11) is 0. The highest BCUT2D eigenvalue weighted by Gasteiger charge is 2.33. The van der Waals surface area contributed by atoms with Crippen LogP contribution in [0.25, 0.3) is 17.4 Å². The summed E-state index contributed by atoms with van der Waals surface area (Å²) in [4.78, 5) is 32.0. The van der Waals surface area contributed by atoms with E-state index in [0.717, 1.165) is 15.6 Å². The van der Waals surface area contributed by atoms with Gasteiger partial charge in [0.1, 0.15) is 23.9 Å². The van der Waals surface area contributed by atoms with Crippen molar-refractivity contribution in [1.29, 1.82) is 0 Å². The number of carbonyl (C=O) groups excluding carboxylic acids is 1. The normalized spacial score (nSPS) is 15.1. The molecule has 198 valence electrons. The van der Waals surface area contributed by atoms with Crippen LogP contribution in [0.1, 0.15) is 31.2 Å². The molecule has 0 aliphatic carbocycles. The van der Waals surface area contributed by atoms with Crippen molar-refractivity contribution in [1.82, 2.24) is 4.57 Å². The molecule has 0 amide bonds. The zero-order chi connectivity index (χ0) is 27.5. The number of thiazole rings is 1. The zero-order valence-electron chi connectivity index (χ0n) is 21.3. The van der Waals surface area contributed by atoms with E-state index in [0.29, 0.717) is 44.5 Å². The summed E-state index contributed by atoms with van der Waals surface area (Å²) in [5.41, 5.74) is 2.22. The Morgan fingerprint density at radius 3 is 2.59 bits per heavy atom. The highest BCUT2D eigenvalue weighted by atomic mass is 79.9. The van der Waals surface area contributed by atoms with Gasteiger partial charge in [-0.05, 0) is 55.8 Å². The maximum absolute atomic E-state index is 13.8. The molecule has 1 aliphatic heterocycles. The lowest BCUT2D eigenvalue weighted by molar-refractivity contribution is -0.139. The minimum absolute atomic E-state index is 0.209. The van der Waals surface area contributed by atoms with E-state index in [9.17, 15) is 9.59 Å². The summed E-state index contributed by atoms with van der Waals surface area (Å²) in [5.74, 6) is 1.39. The second-order valence-corrected chi connectivity index (χ2v) is 10.6. The maximum atomic E-state index is 13.8. The van der Waals surface area contributed by atoms with E-state index >= 15 is 0 Å². The molecule has 0 fully saturated rings. The van der Waals surface area contributed by atoms with Gasteiger partial charge in [-0.15, -0.1) is 0 Å². The van der Waals surface area contributed by atoms with E-state index in [1.807, 2.05) is 48.5 Å². The molecule has 7 nitrogen and oxygen atoms in total. The Kier molecular flexibility index (Phi) is 7.81. The molecule has 0 N–H and O–H groups in total. The summed E-state index contributed by atoms with van der Waals surface area (Å²) < 4.78 is 20.0. The van der Waals surface area contributed by atoms with Gasteiger partial charge in [0.25, 0.3) is 5.56 Å². The van der Waals surface area contributed by atoms with Gasteiger partial charge >= 0.3 is 5.97 Å². The average molecular weight is 606 g/mol. The van der Waals surface area contributed by atoms with E-state index in [1.54, 1.807) is 42.7 Å². The van der Waals surface area contributed by atoms with Gasteiger partial charge in [-0.2, -0.15) is 0 Å². The van der Waals surface area contributed by atoms with E-state index in [4.69, 9.17) is 13.9 Å². The van der Waals surface area contributed by atoms with Crippen LogP contribution >= 0.6 is 27.3 Å². The Morgan fingerprint density at radius 2 is 1.90 bits per heavy atom. The molecular weight excluding hydrogens is 580 g/mol. The lowest BCUT2D eigenvalue weighted by atomic mass is 9.96. The number of carbonyl (C=O) groups is 1. The number of halogens is 1. The van der Waals surface area contributed by atoms with Crippen molar-refractivity contribution in [2.75, 3.05) is 13.2 Å². The number of furan rings is 1. The van der Waals surface area contributed by atoms with Gasteiger partial charge in [-0.1, -0.05) is 64.2 Å². The molecule has 9 heteroatoms. The van der Waals surface area contributed by atoms with Crippen LogP contribution < -0.4 is 19.6 Å². The third-order valence-corrected chi connectivity index (χ3v) is 7.62. The fourth-order valence-corrected chi connectivity index (χ4v) is 5.63. The molecule has 5 rings (SSSR count). The molecule has 0 bridgehead atoms. The molecule has 1 atom stereocenters. The third-order valence-electron chi connectivity index (χ3n) is 6.11. The van der Waals surface area contributed by atoms with E-state index < -0.39 is 12.0 Å². The monoisotopic (exact) mass is 604 g/mol. The van der Waals surface area contributed by atoms with E-state index in [-0.39, 0.29) is 12.2 Å². The van der Waals surface area contributed by atoms with Gasteiger partial charge in [0.2, 0.25) is 0 Å². The Morgan fingerprint density at radius 1 is 1.15 bits per heavy atom. The van der Waals surface area contributed by atoms with Gasteiger partial charge in [0.05, 0.1) is 28.5 Å². The first-order chi connectivity index (χ1) is 18.9. The molecule has 4 aromatic rings. The maximum Gasteiger partial charge on any atom is 0.338 e. The Hall–Kier alpha value is -3.95. The highest BCUT2D eigenvalue weighted by molar-refractivity contribution is 9.10. The number of ether oxygens (including phenoxy) is 2. The number of esters is 1. The van der Waals surface area contributed by atoms with Crippen molar-refractivity contribution in [3.63, 3.8) is 0 Å². The van der Waals surface area contributed by atoms with Gasteiger partial charge in [-0.25, -0.2) is 9.79 Å². The first kappa shape index (κ1) is 26.6. The Balaban J connectivity index is 1.59. The topological polar surface area (TPSA) is 83.0 Å². The van der Waals surface area contributed by atoms with Crippen molar-refractivity contribution < 1.29 is 18.7 Å². The number of benzene rings is 2. The summed E-state index contributed by atoms with van der Waals surface area (Å²) >= 11 is 4.69. The number of nitrogens with zero attached hydrogens (tertiary/aromatic N) is 2. The number of hydrogen-bond donors (Lipinski definition) is 0. The highest BCUT2D eigenvalue weighted by Crippen LogP contribution is 2.32. The lowest BCUT2D eigenvalue weighted by Crippen LogP contribution is -2.39. The van der Waals surface area contributed by atoms with Crippen molar-refractivity contribution in [3.8, 4) is 17.1 Å². The molecule has 39 heavy (non-hydrogen) atoms. The number of aromatic nitrogens is 1. The van der Waals surface area contributed by atoms with Crippen LogP contribution in [0.5, 0.6) is 5.75 Å². The first-order valence-electron chi connectivity index (χ1n) is 12.3.